The molecule has 0 bridgehead atoms. The Balaban J connectivity index is 1.69. The van der Waals surface area contributed by atoms with Crippen LogP contribution in [0.3, 0.4) is 0 Å². The number of hydrogen-bond acceptors (Lipinski definition) is 3. The molecule has 26 heavy (non-hydrogen) atoms. The minimum atomic E-state index is -0.336. The summed E-state index contributed by atoms with van der Waals surface area (Å²) in [6.45, 7) is 4.41. The molecule has 1 atom stereocenters. The van der Waals surface area contributed by atoms with E-state index in [1.807, 2.05) is 75.3 Å². The van der Waals surface area contributed by atoms with Crippen LogP contribution in [0.1, 0.15) is 17.5 Å². The summed E-state index contributed by atoms with van der Waals surface area (Å²) < 4.78 is 0. The van der Waals surface area contributed by atoms with E-state index in [-0.39, 0.29) is 24.2 Å². The van der Waals surface area contributed by atoms with Gasteiger partial charge in [0.1, 0.15) is 0 Å². The summed E-state index contributed by atoms with van der Waals surface area (Å²) >= 11 is 0. The first-order valence-electron chi connectivity index (χ1n) is 8.81. The van der Waals surface area contributed by atoms with Gasteiger partial charge in [0.15, 0.2) is 0 Å². The minimum absolute atomic E-state index is 0.0108. The zero-order chi connectivity index (χ0) is 18.8. The van der Waals surface area contributed by atoms with Crippen LogP contribution in [0.25, 0.3) is 0 Å². The number of hydrogen-bond donors (Lipinski definition) is 1. The maximum absolute atomic E-state index is 12.6. The van der Waals surface area contributed by atoms with Crippen LogP contribution in [0.2, 0.25) is 0 Å². The van der Waals surface area contributed by atoms with E-state index in [4.69, 9.17) is 0 Å². The fourth-order valence-electron chi connectivity index (χ4n) is 3.25. The number of amides is 2. The number of anilines is 3. The smallest absolute Gasteiger partial charge is 0.229 e. The number of aryl methyl sites for hydroxylation is 2. The lowest BCUT2D eigenvalue weighted by molar-refractivity contribution is -0.122. The fourth-order valence-corrected chi connectivity index (χ4v) is 3.25. The van der Waals surface area contributed by atoms with E-state index in [0.29, 0.717) is 6.54 Å². The molecule has 1 aliphatic heterocycles. The Morgan fingerprint density at radius 3 is 2.42 bits per heavy atom. The molecule has 1 saturated heterocycles. The maximum atomic E-state index is 12.6. The Labute approximate surface area is 154 Å². The zero-order valence-corrected chi connectivity index (χ0v) is 15.7. The Morgan fingerprint density at radius 1 is 1.12 bits per heavy atom. The largest absolute Gasteiger partial charge is 0.378 e. The monoisotopic (exact) mass is 351 g/mol. The normalized spacial score (nSPS) is 16.7. The highest BCUT2D eigenvalue weighted by Gasteiger charge is 2.35. The highest BCUT2D eigenvalue weighted by molar-refractivity contribution is 6.03. The van der Waals surface area contributed by atoms with Crippen LogP contribution in [-0.2, 0) is 9.59 Å². The van der Waals surface area contributed by atoms with Crippen LogP contribution in [0.4, 0.5) is 17.1 Å². The first kappa shape index (κ1) is 18.0. The lowest BCUT2D eigenvalue weighted by Gasteiger charge is -2.19. The molecular formula is C21H25N3O2. The highest BCUT2D eigenvalue weighted by Crippen LogP contribution is 2.28. The maximum Gasteiger partial charge on any atom is 0.229 e. The molecular weight excluding hydrogens is 326 g/mol. The summed E-state index contributed by atoms with van der Waals surface area (Å²) in [5, 5.41) is 2.97. The van der Waals surface area contributed by atoms with E-state index >= 15 is 0 Å². The third-order valence-electron chi connectivity index (χ3n) is 4.81. The average Bonchev–Trinajstić information content (AvgIpc) is 2.99. The molecule has 2 amide bonds. The van der Waals surface area contributed by atoms with Gasteiger partial charge in [0.25, 0.3) is 0 Å². The van der Waals surface area contributed by atoms with Crippen molar-refractivity contribution in [3.8, 4) is 0 Å². The predicted molar refractivity (Wildman–Crippen MR) is 106 cm³/mol. The number of nitrogens with one attached hydrogen (secondary N) is 1. The summed E-state index contributed by atoms with van der Waals surface area (Å²) in [5.74, 6) is -0.446. The summed E-state index contributed by atoms with van der Waals surface area (Å²) in [4.78, 5) is 28.7. The van der Waals surface area contributed by atoms with Crippen molar-refractivity contribution < 1.29 is 9.59 Å². The van der Waals surface area contributed by atoms with Crippen molar-refractivity contribution in [2.45, 2.75) is 20.3 Å². The van der Waals surface area contributed by atoms with Crippen molar-refractivity contribution in [3.05, 3.63) is 53.6 Å². The number of nitrogens with zero attached hydrogens (tertiary/aromatic N) is 2. The molecule has 2 aromatic carbocycles. The molecule has 5 heteroatoms. The highest BCUT2D eigenvalue weighted by atomic mass is 16.2. The molecule has 0 saturated carbocycles. The molecule has 136 valence electrons. The van der Waals surface area contributed by atoms with E-state index in [1.165, 1.54) is 0 Å². The second-order valence-electron chi connectivity index (χ2n) is 7.12. The second kappa shape index (κ2) is 7.20. The van der Waals surface area contributed by atoms with Crippen molar-refractivity contribution in [1.29, 1.82) is 0 Å². The Hall–Kier alpha value is -2.82. The van der Waals surface area contributed by atoms with Gasteiger partial charge >= 0.3 is 0 Å². The third kappa shape index (κ3) is 3.72. The van der Waals surface area contributed by atoms with Gasteiger partial charge in [0, 0.05) is 44.1 Å². The van der Waals surface area contributed by atoms with Gasteiger partial charge in [0.2, 0.25) is 11.8 Å². The van der Waals surface area contributed by atoms with Crippen LogP contribution in [0.5, 0.6) is 0 Å². The minimum Gasteiger partial charge on any atom is -0.378 e. The van der Waals surface area contributed by atoms with E-state index in [1.54, 1.807) is 4.90 Å². The van der Waals surface area contributed by atoms with Gasteiger partial charge in [-0.2, -0.15) is 0 Å². The third-order valence-corrected chi connectivity index (χ3v) is 4.81. The van der Waals surface area contributed by atoms with E-state index in [9.17, 15) is 9.59 Å². The molecule has 1 aliphatic rings. The molecule has 0 aliphatic carbocycles. The molecule has 2 aromatic rings. The van der Waals surface area contributed by atoms with E-state index < -0.39 is 0 Å². The van der Waals surface area contributed by atoms with Gasteiger partial charge in [-0.1, -0.05) is 17.7 Å². The van der Waals surface area contributed by atoms with Crippen LogP contribution in [0.15, 0.2) is 42.5 Å². The molecule has 0 radical (unpaired) electrons. The van der Waals surface area contributed by atoms with Crippen LogP contribution >= 0.6 is 0 Å². The SMILES string of the molecule is Cc1ccc(NC(=O)C2CC(=O)N(c3ccc(N(C)C)cc3)C2)c(C)c1. The molecule has 5 nitrogen and oxygen atoms in total. The Bertz CT molecular complexity index is 828. The number of carbonyl (C=O) groups is 2. The van der Waals surface area contributed by atoms with Crippen molar-refractivity contribution in [2.75, 3.05) is 35.8 Å². The summed E-state index contributed by atoms with van der Waals surface area (Å²) in [5.41, 5.74) is 4.90. The lowest BCUT2D eigenvalue weighted by atomic mass is 10.1. The van der Waals surface area contributed by atoms with Gasteiger partial charge < -0.3 is 15.1 Å². The predicted octanol–water partition coefficient (Wildman–Crippen LogP) is 3.36. The number of carbonyl (C=O) groups excluding carboxylic acids is 2. The van der Waals surface area contributed by atoms with Crippen LogP contribution in [-0.4, -0.2) is 32.5 Å². The van der Waals surface area contributed by atoms with Crippen molar-refractivity contribution in [3.63, 3.8) is 0 Å². The first-order valence-corrected chi connectivity index (χ1v) is 8.81. The molecule has 1 unspecified atom stereocenters. The fraction of sp³-hybridized carbons (Fsp3) is 0.333. The van der Waals surface area contributed by atoms with Crippen molar-refractivity contribution in [1.82, 2.24) is 0 Å². The van der Waals surface area contributed by atoms with E-state index in [2.05, 4.69) is 5.32 Å². The number of rotatable bonds is 4. The quantitative estimate of drug-likeness (QED) is 0.919. The molecule has 1 heterocycles. The topological polar surface area (TPSA) is 52.7 Å². The van der Waals surface area contributed by atoms with Crippen LogP contribution < -0.4 is 15.1 Å². The van der Waals surface area contributed by atoms with Crippen molar-refractivity contribution in [2.24, 2.45) is 5.92 Å². The molecule has 0 spiro atoms. The number of benzene rings is 2. The van der Waals surface area contributed by atoms with E-state index in [0.717, 1.165) is 28.2 Å². The van der Waals surface area contributed by atoms with Gasteiger partial charge in [-0.05, 0) is 49.7 Å². The zero-order valence-electron chi connectivity index (χ0n) is 15.7. The first-order chi connectivity index (χ1) is 12.3. The van der Waals surface area contributed by atoms with Gasteiger partial charge in [-0.25, -0.2) is 0 Å². The molecule has 0 aromatic heterocycles. The molecule has 3 rings (SSSR count). The summed E-state index contributed by atoms with van der Waals surface area (Å²) in [7, 11) is 3.95. The summed E-state index contributed by atoms with van der Waals surface area (Å²) in [6, 6.07) is 13.7. The van der Waals surface area contributed by atoms with Crippen molar-refractivity contribution >= 4 is 28.9 Å². The Kier molecular flexibility index (Phi) is 4.98. The lowest BCUT2D eigenvalue weighted by Crippen LogP contribution is -2.28. The molecule has 1 N–H and O–H groups in total. The average molecular weight is 351 g/mol. The standard InChI is InChI=1S/C21H25N3O2/c1-14-5-10-19(15(2)11-14)22-21(26)16-12-20(25)24(13-16)18-8-6-17(7-9-18)23(3)4/h5-11,16H,12-13H2,1-4H3,(H,22,26). The van der Waals surface area contributed by atoms with Gasteiger partial charge in [0.05, 0.1) is 5.92 Å². The second-order valence-corrected chi connectivity index (χ2v) is 7.12. The van der Waals surface area contributed by atoms with Crippen LogP contribution in [0, 0.1) is 19.8 Å². The Morgan fingerprint density at radius 2 is 1.81 bits per heavy atom. The summed E-state index contributed by atoms with van der Waals surface area (Å²) in [6.07, 6.45) is 0.242. The van der Waals surface area contributed by atoms with Gasteiger partial charge in [-0.15, -0.1) is 0 Å². The van der Waals surface area contributed by atoms with Gasteiger partial charge in [-0.3, -0.25) is 9.59 Å². The molecule has 1 fully saturated rings.